The van der Waals surface area contributed by atoms with Crippen molar-refractivity contribution in [3.63, 3.8) is 0 Å². The molecular formula is C14H20N2O2S. The maximum atomic E-state index is 12.2. The van der Waals surface area contributed by atoms with Crippen LogP contribution in [0.1, 0.15) is 17.3 Å². The molecule has 1 unspecified atom stereocenters. The lowest BCUT2D eigenvalue weighted by atomic mass is 10.1. The summed E-state index contributed by atoms with van der Waals surface area (Å²) < 4.78 is 5.60. The standard InChI is InChI=1S/C14H20N2O2S/c1-10(9-19-2)8-16-14(17)11-4-3-5-12-13(11)18-7-6-15-12/h3-5,10,15H,6-9H2,1-2H3,(H,16,17). The molecule has 2 N–H and O–H groups in total. The summed E-state index contributed by atoms with van der Waals surface area (Å²) in [6.07, 6.45) is 2.07. The third kappa shape index (κ3) is 3.56. The Morgan fingerprint density at radius 3 is 3.21 bits per heavy atom. The number of anilines is 1. The molecule has 0 bridgehead atoms. The second kappa shape index (κ2) is 6.70. The highest BCUT2D eigenvalue weighted by molar-refractivity contribution is 7.98. The predicted octanol–water partition coefficient (Wildman–Crippen LogP) is 2.22. The Morgan fingerprint density at radius 2 is 2.42 bits per heavy atom. The van der Waals surface area contributed by atoms with Crippen molar-refractivity contribution in [2.24, 2.45) is 5.92 Å². The van der Waals surface area contributed by atoms with E-state index in [2.05, 4.69) is 23.8 Å². The molecule has 0 aliphatic carbocycles. The van der Waals surface area contributed by atoms with Crippen LogP contribution in [0.4, 0.5) is 5.69 Å². The molecule has 0 fully saturated rings. The quantitative estimate of drug-likeness (QED) is 0.868. The van der Waals surface area contributed by atoms with Gasteiger partial charge >= 0.3 is 0 Å². The number of para-hydroxylation sites is 1. The lowest BCUT2D eigenvalue weighted by Crippen LogP contribution is -2.30. The molecule has 4 nitrogen and oxygen atoms in total. The molecule has 1 aliphatic rings. The van der Waals surface area contributed by atoms with E-state index in [1.54, 1.807) is 17.8 Å². The van der Waals surface area contributed by atoms with E-state index in [9.17, 15) is 4.79 Å². The van der Waals surface area contributed by atoms with Crippen molar-refractivity contribution in [1.82, 2.24) is 5.32 Å². The van der Waals surface area contributed by atoms with Gasteiger partial charge < -0.3 is 15.4 Å². The van der Waals surface area contributed by atoms with Crippen LogP contribution in [-0.2, 0) is 0 Å². The largest absolute Gasteiger partial charge is 0.489 e. The van der Waals surface area contributed by atoms with E-state index in [4.69, 9.17) is 4.74 Å². The van der Waals surface area contributed by atoms with Gasteiger partial charge in [-0.1, -0.05) is 13.0 Å². The van der Waals surface area contributed by atoms with E-state index in [1.807, 2.05) is 12.1 Å². The highest BCUT2D eigenvalue weighted by Gasteiger charge is 2.18. The smallest absolute Gasteiger partial charge is 0.255 e. The average molecular weight is 280 g/mol. The first-order valence-electron chi connectivity index (χ1n) is 6.49. The van der Waals surface area contributed by atoms with Crippen LogP contribution in [-0.4, -0.2) is 37.6 Å². The van der Waals surface area contributed by atoms with Crippen LogP contribution in [0.3, 0.4) is 0 Å². The molecule has 2 rings (SSSR count). The molecule has 0 saturated carbocycles. The van der Waals surface area contributed by atoms with Gasteiger partial charge in [-0.15, -0.1) is 0 Å². The molecule has 0 radical (unpaired) electrons. The predicted molar refractivity (Wildman–Crippen MR) is 80.3 cm³/mol. The van der Waals surface area contributed by atoms with Crippen LogP contribution >= 0.6 is 11.8 Å². The SMILES string of the molecule is CSCC(C)CNC(=O)c1cccc2c1OCCN2. The zero-order valence-electron chi connectivity index (χ0n) is 11.4. The van der Waals surface area contributed by atoms with Crippen molar-refractivity contribution in [3.8, 4) is 5.75 Å². The van der Waals surface area contributed by atoms with Gasteiger partial charge in [0.05, 0.1) is 11.3 Å². The maximum absolute atomic E-state index is 12.2. The first-order chi connectivity index (χ1) is 9.22. The molecular weight excluding hydrogens is 260 g/mol. The number of fused-ring (bicyclic) bond motifs is 1. The van der Waals surface area contributed by atoms with E-state index >= 15 is 0 Å². The molecule has 104 valence electrons. The number of benzene rings is 1. The molecule has 1 aliphatic heterocycles. The van der Waals surface area contributed by atoms with Gasteiger partial charge in [0.15, 0.2) is 5.75 Å². The monoisotopic (exact) mass is 280 g/mol. The summed E-state index contributed by atoms with van der Waals surface area (Å²) in [5, 5.41) is 6.21. The van der Waals surface area contributed by atoms with Crippen LogP contribution in [0, 0.1) is 5.92 Å². The van der Waals surface area contributed by atoms with Crippen molar-refractivity contribution in [2.45, 2.75) is 6.92 Å². The lowest BCUT2D eigenvalue weighted by Gasteiger charge is -2.21. The van der Waals surface area contributed by atoms with Crippen LogP contribution in [0.25, 0.3) is 0 Å². The Labute approximate surface area is 118 Å². The second-order valence-corrected chi connectivity index (χ2v) is 5.64. The molecule has 1 aromatic carbocycles. The third-order valence-electron chi connectivity index (χ3n) is 2.99. The minimum atomic E-state index is -0.0616. The van der Waals surface area contributed by atoms with Gasteiger partial charge in [-0.3, -0.25) is 4.79 Å². The number of carbonyl (C=O) groups is 1. The summed E-state index contributed by atoms with van der Waals surface area (Å²) in [5.74, 6) is 2.13. The summed E-state index contributed by atoms with van der Waals surface area (Å²) in [6.45, 7) is 4.20. The number of hydrogen-bond acceptors (Lipinski definition) is 4. The average Bonchev–Trinajstić information content (AvgIpc) is 2.44. The Morgan fingerprint density at radius 1 is 1.58 bits per heavy atom. The molecule has 5 heteroatoms. The minimum absolute atomic E-state index is 0.0616. The topological polar surface area (TPSA) is 50.4 Å². The zero-order chi connectivity index (χ0) is 13.7. The van der Waals surface area contributed by atoms with Crippen molar-refractivity contribution >= 4 is 23.4 Å². The third-order valence-corrected chi connectivity index (χ3v) is 3.89. The Bertz CT molecular complexity index is 451. The Kier molecular flexibility index (Phi) is 4.96. The molecule has 1 atom stereocenters. The van der Waals surface area contributed by atoms with Crippen molar-refractivity contribution in [2.75, 3.05) is 37.0 Å². The minimum Gasteiger partial charge on any atom is -0.489 e. The van der Waals surface area contributed by atoms with Gasteiger partial charge in [0.25, 0.3) is 5.91 Å². The number of nitrogens with one attached hydrogen (secondary N) is 2. The molecule has 1 aromatic rings. The van der Waals surface area contributed by atoms with E-state index in [0.29, 0.717) is 30.4 Å². The molecule has 1 amide bonds. The van der Waals surface area contributed by atoms with Crippen molar-refractivity contribution in [3.05, 3.63) is 23.8 Å². The fourth-order valence-electron chi connectivity index (χ4n) is 2.05. The van der Waals surface area contributed by atoms with Gasteiger partial charge in [0, 0.05) is 13.1 Å². The number of thioether (sulfide) groups is 1. The summed E-state index contributed by atoms with van der Waals surface area (Å²) in [4.78, 5) is 12.2. The molecule has 1 heterocycles. The summed E-state index contributed by atoms with van der Waals surface area (Å²) in [7, 11) is 0. The van der Waals surface area contributed by atoms with Gasteiger partial charge in [-0.25, -0.2) is 0 Å². The van der Waals surface area contributed by atoms with E-state index in [-0.39, 0.29) is 5.91 Å². The van der Waals surface area contributed by atoms with Crippen LogP contribution < -0.4 is 15.4 Å². The highest BCUT2D eigenvalue weighted by Crippen LogP contribution is 2.31. The normalized spacial score (nSPS) is 14.8. The van der Waals surface area contributed by atoms with Crippen LogP contribution in [0.5, 0.6) is 5.75 Å². The number of ether oxygens (including phenoxy) is 1. The van der Waals surface area contributed by atoms with Crippen LogP contribution in [0.15, 0.2) is 18.2 Å². The van der Waals surface area contributed by atoms with Gasteiger partial charge in [-0.05, 0) is 30.1 Å². The van der Waals surface area contributed by atoms with Gasteiger partial charge in [0.1, 0.15) is 6.61 Å². The van der Waals surface area contributed by atoms with E-state index in [1.165, 1.54) is 0 Å². The Hall–Kier alpha value is -1.36. The number of rotatable bonds is 5. The van der Waals surface area contributed by atoms with E-state index < -0.39 is 0 Å². The number of carbonyl (C=O) groups excluding carboxylic acids is 1. The summed E-state index contributed by atoms with van der Waals surface area (Å²) in [5.41, 5.74) is 1.51. The Balaban J connectivity index is 2.03. The first-order valence-corrected chi connectivity index (χ1v) is 7.88. The second-order valence-electron chi connectivity index (χ2n) is 4.73. The number of hydrogen-bond donors (Lipinski definition) is 2. The first kappa shape index (κ1) is 14.1. The number of amides is 1. The van der Waals surface area contributed by atoms with Crippen molar-refractivity contribution < 1.29 is 9.53 Å². The zero-order valence-corrected chi connectivity index (χ0v) is 12.2. The van der Waals surface area contributed by atoms with Crippen molar-refractivity contribution in [1.29, 1.82) is 0 Å². The summed E-state index contributed by atoms with van der Waals surface area (Å²) in [6, 6.07) is 5.61. The van der Waals surface area contributed by atoms with Crippen LogP contribution in [0.2, 0.25) is 0 Å². The summed E-state index contributed by atoms with van der Waals surface area (Å²) >= 11 is 1.79. The van der Waals surface area contributed by atoms with E-state index in [0.717, 1.165) is 18.0 Å². The molecule has 19 heavy (non-hydrogen) atoms. The molecule has 0 saturated heterocycles. The fraction of sp³-hybridized carbons (Fsp3) is 0.500. The lowest BCUT2D eigenvalue weighted by molar-refractivity contribution is 0.0945. The fourth-order valence-corrected chi connectivity index (χ4v) is 2.74. The maximum Gasteiger partial charge on any atom is 0.255 e. The molecule has 0 spiro atoms. The highest BCUT2D eigenvalue weighted by atomic mass is 32.2. The molecule has 0 aromatic heterocycles. The van der Waals surface area contributed by atoms with Gasteiger partial charge in [0.2, 0.25) is 0 Å². The van der Waals surface area contributed by atoms with Gasteiger partial charge in [-0.2, -0.15) is 11.8 Å².